The van der Waals surface area contributed by atoms with E-state index in [-0.39, 0.29) is 0 Å². The third-order valence-electron chi connectivity index (χ3n) is 4.41. The average molecular weight is 239 g/mol. The third-order valence-corrected chi connectivity index (χ3v) is 4.41. The quantitative estimate of drug-likeness (QED) is 0.602. The maximum Gasteiger partial charge on any atom is 0.0586 e. The highest BCUT2D eigenvalue weighted by molar-refractivity contribution is 5.84. The van der Waals surface area contributed by atoms with Crippen LogP contribution < -0.4 is 0 Å². The molecule has 2 fully saturated rings. The van der Waals surface area contributed by atoms with Gasteiger partial charge in [0, 0.05) is 0 Å². The molecule has 1 N–H and O–H groups in total. The summed E-state index contributed by atoms with van der Waals surface area (Å²) < 4.78 is 6.18. The lowest BCUT2D eigenvalue weighted by molar-refractivity contribution is -0.0444. The highest BCUT2D eigenvalue weighted by atomic mass is 16.5. The van der Waals surface area contributed by atoms with E-state index in [1.54, 1.807) is 0 Å². The Labute approximate surface area is 104 Å². The maximum absolute atomic E-state index is 8.70. The van der Waals surface area contributed by atoms with E-state index in [0.717, 1.165) is 37.3 Å². The summed E-state index contributed by atoms with van der Waals surface area (Å²) in [5.41, 5.74) is 0.944. The first kappa shape index (κ1) is 12.9. The van der Waals surface area contributed by atoms with E-state index in [2.05, 4.69) is 12.1 Å². The Morgan fingerprint density at radius 3 is 2.18 bits per heavy atom. The standard InChI is InChI=1S/C14H25NO2/c1-2-11-3-7-13(8-4-11)17-14-9-5-12(15-16)6-10-14/h11,13-14,16H,2-10H2,1H3. The molecule has 17 heavy (non-hydrogen) atoms. The fourth-order valence-corrected chi connectivity index (χ4v) is 3.11. The van der Waals surface area contributed by atoms with Crippen molar-refractivity contribution < 1.29 is 9.94 Å². The fraction of sp³-hybridized carbons (Fsp3) is 0.929. The van der Waals surface area contributed by atoms with Crippen LogP contribution in [0, 0.1) is 5.92 Å². The molecule has 0 aromatic heterocycles. The predicted molar refractivity (Wildman–Crippen MR) is 68.6 cm³/mol. The van der Waals surface area contributed by atoms with E-state index in [0.29, 0.717) is 12.2 Å². The monoisotopic (exact) mass is 239 g/mol. The summed E-state index contributed by atoms with van der Waals surface area (Å²) in [7, 11) is 0. The highest BCUT2D eigenvalue weighted by Crippen LogP contribution is 2.30. The normalized spacial score (nSPS) is 34.6. The van der Waals surface area contributed by atoms with Gasteiger partial charge in [0.05, 0.1) is 17.9 Å². The molecule has 0 aliphatic heterocycles. The first-order valence-corrected chi connectivity index (χ1v) is 7.17. The summed E-state index contributed by atoms with van der Waals surface area (Å²) >= 11 is 0. The lowest BCUT2D eigenvalue weighted by Gasteiger charge is -2.32. The van der Waals surface area contributed by atoms with Gasteiger partial charge in [0.25, 0.3) is 0 Å². The molecule has 0 spiro atoms. The topological polar surface area (TPSA) is 41.8 Å². The van der Waals surface area contributed by atoms with Gasteiger partial charge in [0.15, 0.2) is 0 Å². The molecule has 0 amide bonds. The predicted octanol–water partition coefficient (Wildman–Crippen LogP) is 3.74. The van der Waals surface area contributed by atoms with Crippen molar-refractivity contribution in [2.45, 2.75) is 76.9 Å². The van der Waals surface area contributed by atoms with Crippen LogP contribution in [0.4, 0.5) is 0 Å². The Hall–Kier alpha value is -0.570. The average Bonchev–Trinajstić information content (AvgIpc) is 2.40. The number of nitrogens with zero attached hydrogens (tertiary/aromatic N) is 1. The smallest absolute Gasteiger partial charge is 0.0586 e. The lowest BCUT2D eigenvalue weighted by atomic mass is 9.85. The zero-order chi connectivity index (χ0) is 12.1. The molecule has 0 radical (unpaired) electrons. The SMILES string of the molecule is CCC1CCC(OC2CCC(=NO)CC2)CC1. The molecule has 2 aliphatic carbocycles. The van der Waals surface area contributed by atoms with Crippen molar-refractivity contribution in [1.29, 1.82) is 0 Å². The number of hydrogen-bond donors (Lipinski definition) is 1. The molecule has 0 aromatic rings. The first-order valence-electron chi connectivity index (χ1n) is 7.17. The van der Waals surface area contributed by atoms with Crippen molar-refractivity contribution in [3.63, 3.8) is 0 Å². The Balaban J connectivity index is 1.68. The van der Waals surface area contributed by atoms with Crippen LogP contribution in [0.3, 0.4) is 0 Å². The van der Waals surface area contributed by atoms with Gasteiger partial charge >= 0.3 is 0 Å². The summed E-state index contributed by atoms with van der Waals surface area (Å²) in [5.74, 6) is 0.939. The largest absolute Gasteiger partial charge is 0.411 e. The van der Waals surface area contributed by atoms with Crippen LogP contribution in [0.2, 0.25) is 0 Å². The van der Waals surface area contributed by atoms with Crippen LogP contribution in [-0.4, -0.2) is 23.1 Å². The minimum Gasteiger partial charge on any atom is -0.411 e. The zero-order valence-corrected chi connectivity index (χ0v) is 10.9. The molecule has 0 atom stereocenters. The third kappa shape index (κ3) is 3.70. The lowest BCUT2D eigenvalue weighted by Crippen LogP contribution is -2.29. The van der Waals surface area contributed by atoms with Crippen LogP contribution in [0.25, 0.3) is 0 Å². The van der Waals surface area contributed by atoms with Gasteiger partial charge < -0.3 is 9.94 Å². The summed E-state index contributed by atoms with van der Waals surface area (Å²) in [5, 5.41) is 12.0. The molecule has 0 unspecified atom stereocenters. The molecule has 98 valence electrons. The van der Waals surface area contributed by atoms with E-state index in [1.807, 2.05) is 0 Å². The van der Waals surface area contributed by atoms with Gasteiger partial charge in [-0.2, -0.15) is 0 Å². The minimum absolute atomic E-state index is 0.406. The van der Waals surface area contributed by atoms with Crippen molar-refractivity contribution >= 4 is 5.71 Å². The molecule has 3 heteroatoms. The zero-order valence-electron chi connectivity index (χ0n) is 10.9. The van der Waals surface area contributed by atoms with Crippen molar-refractivity contribution in [2.75, 3.05) is 0 Å². The van der Waals surface area contributed by atoms with Crippen LogP contribution in [-0.2, 0) is 4.74 Å². The van der Waals surface area contributed by atoms with Crippen molar-refractivity contribution in [3.8, 4) is 0 Å². The molecule has 0 bridgehead atoms. The maximum atomic E-state index is 8.70. The second-order valence-electron chi connectivity index (χ2n) is 5.55. The molecule has 0 aromatic carbocycles. The summed E-state index contributed by atoms with van der Waals surface area (Å²) in [6.07, 6.45) is 11.3. The van der Waals surface area contributed by atoms with E-state index in [1.165, 1.54) is 32.1 Å². The number of hydrogen-bond acceptors (Lipinski definition) is 3. The molecule has 0 saturated heterocycles. The molecule has 2 rings (SSSR count). The van der Waals surface area contributed by atoms with Gasteiger partial charge in [0.1, 0.15) is 0 Å². The second-order valence-corrected chi connectivity index (χ2v) is 5.55. The van der Waals surface area contributed by atoms with Gasteiger partial charge in [-0.15, -0.1) is 0 Å². The Bertz CT molecular complexity index is 247. The van der Waals surface area contributed by atoms with Crippen molar-refractivity contribution in [1.82, 2.24) is 0 Å². The van der Waals surface area contributed by atoms with Gasteiger partial charge in [0.2, 0.25) is 0 Å². The Kier molecular flexibility index (Phi) is 4.84. The molecule has 2 saturated carbocycles. The first-order chi connectivity index (χ1) is 8.31. The van der Waals surface area contributed by atoms with Crippen LogP contribution in [0.5, 0.6) is 0 Å². The fourth-order valence-electron chi connectivity index (χ4n) is 3.11. The summed E-state index contributed by atoms with van der Waals surface area (Å²) in [4.78, 5) is 0. The summed E-state index contributed by atoms with van der Waals surface area (Å²) in [6.45, 7) is 2.29. The van der Waals surface area contributed by atoms with Gasteiger partial charge in [-0.05, 0) is 57.3 Å². The Morgan fingerprint density at radius 1 is 1.06 bits per heavy atom. The molecular weight excluding hydrogens is 214 g/mol. The van der Waals surface area contributed by atoms with E-state index >= 15 is 0 Å². The number of ether oxygens (including phenoxy) is 1. The van der Waals surface area contributed by atoms with Gasteiger partial charge in [-0.25, -0.2) is 0 Å². The second kappa shape index (κ2) is 6.39. The number of oxime groups is 1. The molecule has 0 heterocycles. The van der Waals surface area contributed by atoms with Crippen LogP contribution >= 0.6 is 0 Å². The number of rotatable bonds is 3. The molecule has 3 nitrogen and oxygen atoms in total. The Morgan fingerprint density at radius 2 is 1.65 bits per heavy atom. The minimum atomic E-state index is 0.406. The summed E-state index contributed by atoms with van der Waals surface area (Å²) in [6, 6.07) is 0. The van der Waals surface area contributed by atoms with Crippen molar-refractivity contribution in [3.05, 3.63) is 0 Å². The van der Waals surface area contributed by atoms with E-state index in [9.17, 15) is 0 Å². The molecular formula is C14H25NO2. The van der Waals surface area contributed by atoms with Crippen LogP contribution in [0.15, 0.2) is 5.16 Å². The van der Waals surface area contributed by atoms with E-state index in [4.69, 9.17) is 9.94 Å². The van der Waals surface area contributed by atoms with E-state index < -0.39 is 0 Å². The highest BCUT2D eigenvalue weighted by Gasteiger charge is 2.25. The van der Waals surface area contributed by atoms with Crippen LogP contribution in [0.1, 0.15) is 64.7 Å². The van der Waals surface area contributed by atoms with Gasteiger partial charge in [-0.1, -0.05) is 18.5 Å². The van der Waals surface area contributed by atoms with Gasteiger partial charge in [-0.3, -0.25) is 0 Å². The van der Waals surface area contributed by atoms with Crippen molar-refractivity contribution in [2.24, 2.45) is 11.1 Å². The molecule has 2 aliphatic rings.